The number of carbonyl (C=O) groups is 1. The molecule has 7 heteroatoms. The minimum absolute atomic E-state index is 0.296. The Hall–Kier alpha value is -2.59. The highest BCUT2D eigenvalue weighted by Crippen LogP contribution is 2.39. The number of nitrogens with one attached hydrogen (secondary N) is 2. The van der Waals surface area contributed by atoms with Crippen molar-refractivity contribution < 1.29 is 19.0 Å². The molecular formula is C18H25N3O4. The first-order chi connectivity index (χ1) is 12.2. The van der Waals surface area contributed by atoms with E-state index in [9.17, 15) is 4.79 Å². The maximum Gasteiger partial charge on any atom is 0.319 e. The molecule has 0 unspecified atom stereocenters. The van der Waals surface area contributed by atoms with Gasteiger partial charge in [0, 0.05) is 12.1 Å². The first-order valence-electron chi connectivity index (χ1n) is 8.21. The van der Waals surface area contributed by atoms with Gasteiger partial charge in [-0.3, -0.25) is 4.90 Å². The third-order valence-electron chi connectivity index (χ3n) is 3.89. The average molecular weight is 347 g/mol. The van der Waals surface area contributed by atoms with E-state index in [1.807, 2.05) is 0 Å². The van der Waals surface area contributed by atoms with Crippen LogP contribution in [0.1, 0.15) is 12.8 Å². The maximum absolute atomic E-state index is 12.0. The van der Waals surface area contributed by atoms with Gasteiger partial charge in [0.2, 0.25) is 5.75 Å². The molecule has 2 N–H and O–H groups in total. The van der Waals surface area contributed by atoms with Gasteiger partial charge < -0.3 is 24.8 Å². The Labute approximate surface area is 148 Å². The minimum atomic E-state index is -0.343. The second kappa shape index (κ2) is 9.64. The van der Waals surface area contributed by atoms with Crippen LogP contribution in [-0.4, -0.2) is 58.4 Å². The molecule has 1 heterocycles. The van der Waals surface area contributed by atoms with Crippen LogP contribution in [-0.2, 0) is 0 Å². The number of hydrogen-bond donors (Lipinski definition) is 2. The van der Waals surface area contributed by atoms with Crippen LogP contribution in [0.4, 0.5) is 10.5 Å². The van der Waals surface area contributed by atoms with Crippen molar-refractivity contribution in [2.75, 3.05) is 52.8 Å². The third-order valence-corrected chi connectivity index (χ3v) is 3.89. The van der Waals surface area contributed by atoms with Gasteiger partial charge in [0.05, 0.1) is 40.1 Å². The number of nitrogens with zero attached hydrogens (tertiary/aromatic N) is 1. The predicted molar refractivity (Wildman–Crippen MR) is 96.6 cm³/mol. The fourth-order valence-corrected chi connectivity index (χ4v) is 2.62. The standard InChI is InChI=1S/C18H25N3O4/c1-23-15-12-14(13-16(24-2)17(15)25-3)20-18(22)19-8-4-5-9-21-10-6-7-11-21/h12-13H,6-11H2,1-3H3,(H2,19,20,22). The zero-order valence-electron chi connectivity index (χ0n) is 15.0. The van der Waals surface area contributed by atoms with Crippen LogP contribution in [0, 0.1) is 11.8 Å². The van der Waals surface area contributed by atoms with Gasteiger partial charge in [0.1, 0.15) is 0 Å². The molecule has 2 rings (SSSR count). The lowest BCUT2D eigenvalue weighted by Crippen LogP contribution is -2.29. The number of hydrogen-bond acceptors (Lipinski definition) is 5. The summed E-state index contributed by atoms with van der Waals surface area (Å²) in [6.45, 7) is 3.29. The van der Waals surface area contributed by atoms with Crippen LogP contribution in [0.25, 0.3) is 0 Å². The Balaban J connectivity index is 1.86. The monoisotopic (exact) mass is 347 g/mol. The van der Waals surface area contributed by atoms with E-state index in [0.717, 1.165) is 19.6 Å². The molecule has 1 aliphatic heterocycles. The maximum atomic E-state index is 12.0. The van der Waals surface area contributed by atoms with Gasteiger partial charge in [0.15, 0.2) is 11.5 Å². The first-order valence-corrected chi connectivity index (χ1v) is 8.21. The van der Waals surface area contributed by atoms with Gasteiger partial charge in [-0.1, -0.05) is 11.8 Å². The molecule has 0 aliphatic carbocycles. The SMILES string of the molecule is COc1cc(NC(=O)NCC#CCN2CCCC2)cc(OC)c1OC. The second-order valence-electron chi connectivity index (χ2n) is 5.56. The van der Waals surface area contributed by atoms with Gasteiger partial charge in [0.25, 0.3) is 0 Å². The zero-order valence-corrected chi connectivity index (χ0v) is 15.0. The Morgan fingerprint density at radius 3 is 2.28 bits per heavy atom. The number of likely N-dealkylation sites (tertiary alicyclic amines) is 1. The van der Waals surface area contributed by atoms with Crippen LogP contribution >= 0.6 is 0 Å². The molecule has 0 saturated carbocycles. The van der Waals surface area contributed by atoms with Crippen molar-refractivity contribution in [1.82, 2.24) is 10.2 Å². The van der Waals surface area contributed by atoms with Crippen molar-refractivity contribution in [3.63, 3.8) is 0 Å². The van der Waals surface area contributed by atoms with Gasteiger partial charge in [-0.25, -0.2) is 4.79 Å². The summed E-state index contributed by atoms with van der Waals surface area (Å²) in [6.07, 6.45) is 2.49. The third kappa shape index (κ3) is 5.47. The molecule has 0 spiro atoms. The van der Waals surface area contributed by atoms with Gasteiger partial charge in [-0.15, -0.1) is 0 Å². The van der Waals surface area contributed by atoms with Crippen molar-refractivity contribution >= 4 is 11.7 Å². The van der Waals surface area contributed by atoms with Crippen LogP contribution < -0.4 is 24.8 Å². The molecule has 0 bridgehead atoms. The Kier molecular flexibility index (Phi) is 7.23. The highest BCUT2D eigenvalue weighted by atomic mass is 16.5. The molecule has 1 aromatic rings. The van der Waals surface area contributed by atoms with Crippen molar-refractivity contribution in [3.8, 4) is 29.1 Å². The van der Waals surface area contributed by atoms with Crippen molar-refractivity contribution in [3.05, 3.63) is 12.1 Å². The molecule has 136 valence electrons. The van der Waals surface area contributed by atoms with E-state index in [-0.39, 0.29) is 6.03 Å². The summed E-state index contributed by atoms with van der Waals surface area (Å²) in [5.41, 5.74) is 0.539. The summed E-state index contributed by atoms with van der Waals surface area (Å²) in [6, 6.07) is 2.99. The van der Waals surface area contributed by atoms with Gasteiger partial charge in [-0.05, 0) is 25.9 Å². The Morgan fingerprint density at radius 2 is 1.72 bits per heavy atom. The second-order valence-corrected chi connectivity index (χ2v) is 5.56. The highest BCUT2D eigenvalue weighted by molar-refractivity contribution is 5.90. The summed E-state index contributed by atoms with van der Waals surface area (Å²) in [5.74, 6) is 7.46. The van der Waals surface area contributed by atoms with Crippen LogP contribution in [0.15, 0.2) is 12.1 Å². The lowest BCUT2D eigenvalue weighted by atomic mass is 10.2. The molecule has 1 saturated heterocycles. The molecule has 0 radical (unpaired) electrons. The minimum Gasteiger partial charge on any atom is -0.493 e. The fourth-order valence-electron chi connectivity index (χ4n) is 2.62. The zero-order chi connectivity index (χ0) is 18.1. The van der Waals surface area contributed by atoms with E-state index in [1.165, 1.54) is 34.2 Å². The molecule has 2 amide bonds. The van der Waals surface area contributed by atoms with Crippen LogP contribution in [0.2, 0.25) is 0 Å². The number of amides is 2. The molecule has 1 aromatic carbocycles. The Bertz CT molecular complexity index is 620. The van der Waals surface area contributed by atoms with E-state index < -0.39 is 0 Å². The number of methoxy groups -OCH3 is 3. The summed E-state index contributed by atoms with van der Waals surface area (Å²) in [4.78, 5) is 14.3. The van der Waals surface area contributed by atoms with Crippen LogP contribution in [0.3, 0.4) is 0 Å². The Morgan fingerprint density at radius 1 is 1.08 bits per heavy atom. The quantitative estimate of drug-likeness (QED) is 0.770. The van der Waals surface area contributed by atoms with Crippen molar-refractivity contribution in [1.29, 1.82) is 0 Å². The lowest BCUT2D eigenvalue weighted by Gasteiger charge is -2.14. The largest absolute Gasteiger partial charge is 0.493 e. The highest BCUT2D eigenvalue weighted by Gasteiger charge is 2.14. The van der Waals surface area contributed by atoms with Crippen molar-refractivity contribution in [2.45, 2.75) is 12.8 Å². The lowest BCUT2D eigenvalue weighted by molar-refractivity contribution is 0.253. The average Bonchev–Trinajstić information content (AvgIpc) is 3.13. The predicted octanol–water partition coefficient (Wildman–Crippen LogP) is 1.93. The number of ether oxygens (including phenoxy) is 3. The number of rotatable bonds is 6. The van der Waals surface area contributed by atoms with E-state index in [2.05, 4.69) is 27.4 Å². The number of urea groups is 1. The molecule has 7 nitrogen and oxygen atoms in total. The number of benzene rings is 1. The first kappa shape index (κ1) is 18.7. The van der Waals surface area contributed by atoms with E-state index in [4.69, 9.17) is 14.2 Å². The van der Waals surface area contributed by atoms with Gasteiger partial charge in [-0.2, -0.15) is 0 Å². The topological polar surface area (TPSA) is 72.1 Å². The fraction of sp³-hybridized carbons (Fsp3) is 0.500. The molecular weight excluding hydrogens is 322 g/mol. The molecule has 25 heavy (non-hydrogen) atoms. The molecule has 1 aliphatic rings. The number of carbonyl (C=O) groups excluding carboxylic acids is 1. The number of anilines is 1. The molecule has 0 atom stereocenters. The smallest absolute Gasteiger partial charge is 0.319 e. The summed E-state index contributed by atoms with van der Waals surface area (Å²) in [5, 5.41) is 5.44. The normalized spacial score (nSPS) is 13.6. The molecule has 1 fully saturated rings. The van der Waals surface area contributed by atoms with Crippen LogP contribution in [0.5, 0.6) is 17.2 Å². The van der Waals surface area contributed by atoms with E-state index in [1.54, 1.807) is 12.1 Å². The van der Waals surface area contributed by atoms with Crippen molar-refractivity contribution in [2.24, 2.45) is 0 Å². The van der Waals surface area contributed by atoms with Gasteiger partial charge >= 0.3 is 6.03 Å². The van der Waals surface area contributed by atoms with E-state index >= 15 is 0 Å². The summed E-state index contributed by atoms with van der Waals surface area (Å²) in [7, 11) is 4.58. The van der Waals surface area contributed by atoms with E-state index in [0.29, 0.717) is 29.5 Å². The summed E-state index contributed by atoms with van der Waals surface area (Å²) >= 11 is 0. The molecule has 0 aromatic heterocycles. The summed E-state index contributed by atoms with van der Waals surface area (Å²) < 4.78 is 15.8.